The average molecular weight is 343 g/mol. The van der Waals surface area contributed by atoms with Gasteiger partial charge in [-0.1, -0.05) is 6.07 Å². The average Bonchev–Trinajstić information content (AvgIpc) is 2.99. The van der Waals surface area contributed by atoms with Gasteiger partial charge in [0, 0.05) is 11.6 Å². The summed E-state index contributed by atoms with van der Waals surface area (Å²) < 4.78 is 48.2. The minimum atomic E-state index is -3.03. The lowest BCUT2D eigenvalue weighted by atomic mass is 9.79. The Morgan fingerprint density at radius 2 is 2.12 bits per heavy atom. The zero-order chi connectivity index (χ0) is 18.0. The molecule has 0 aliphatic rings. The van der Waals surface area contributed by atoms with Crippen molar-refractivity contribution in [3.8, 4) is 0 Å². The van der Waals surface area contributed by atoms with E-state index in [-0.39, 0.29) is 6.61 Å². The number of carbonyl (C=O) groups excluding carboxylic acids is 1. The second kappa shape index (κ2) is 6.60. The Morgan fingerprint density at radius 3 is 2.67 bits per heavy atom. The van der Waals surface area contributed by atoms with Gasteiger partial charge in [0.15, 0.2) is 5.60 Å². The van der Waals surface area contributed by atoms with Gasteiger partial charge in [-0.15, -0.1) is 0 Å². The fourth-order valence-electron chi connectivity index (χ4n) is 2.30. The molecule has 1 aromatic heterocycles. The zero-order valence-corrected chi connectivity index (χ0v) is 13.0. The van der Waals surface area contributed by atoms with Crippen molar-refractivity contribution in [1.29, 1.82) is 0 Å². The Bertz CT molecular complexity index is 722. The summed E-state index contributed by atoms with van der Waals surface area (Å²) in [6.07, 6.45) is 2.29. The SMILES string of the molecule is CCOC(=O)C(C)(F)C(O)(Cn1cncn1)c1ccc(F)cc1F. The van der Waals surface area contributed by atoms with Gasteiger partial charge in [-0.25, -0.2) is 27.6 Å². The number of benzene rings is 1. The van der Waals surface area contributed by atoms with Crippen LogP contribution in [-0.2, 0) is 21.7 Å². The lowest BCUT2D eigenvalue weighted by molar-refractivity contribution is -0.182. The van der Waals surface area contributed by atoms with Crippen LogP contribution in [0.25, 0.3) is 0 Å². The van der Waals surface area contributed by atoms with Crippen LogP contribution in [-0.4, -0.2) is 38.1 Å². The number of hydrogen-bond acceptors (Lipinski definition) is 5. The molecule has 0 bridgehead atoms. The van der Waals surface area contributed by atoms with Crippen LogP contribution in [0.1, 0.15) is 19.4 Å². The highest BCUT2D eigenvalue weighted by Gasteiger charge is 2.57. The molecule has 0 aliphatic carbocycles. The van der Waals surface area contributed by atoms with Crippen molar-refractivity contribution in [2.75, 3.05) is 6.61 Å². The minimum Gasteiger partial charge on any atom is -0.464 e. The van der Waals surface area contributed by atoms with Crippen molar-refractivity contribution in [1.82, 2.24) is 14.8 Å². The number of esters is 1. The van der Waals surface area contributed by atoms with Gasteiger partial charge in [-0.2, -0.15) is 5.10 Å². The molecule has 0 fully saturated rings. The van der Waals surface area contributed by atoms with E-state index in [0.29, 0.717) is 6.07 Å². The third kappa shape index (κ3) is 3.12. The van der Waals surface area contributed by atoms with E-state index in [0.717, 1.165) is 36.4 Å². The summed E-state index contributed by atoms with van der Waals surface area (Å²) in [5.74, 6) is -3.49. The summed E-state index contributed by atoms with van der Waals surface area (Å²) in [5.41, 5.74) is -6.34. The van der Waals surface area contributed by atoms with Crippen LogP contribution in [0.4, 0.5) is 13.2 Å². The van der Waals surface area contributed by atoms with Gasteiger partial charge >= 0.3 is 5.97 Å². The molecule has 2 atom stereocenters. The van der Waals surface area contributed by atoms with E-state index in [4.69, 9.17) is 0 Å². The maximum Gasteiger partial charge on any atom is 0.347 e. The number of aromatic nitrogens is 3. The normalized spacial score (nSPS) is 16.2. The Labute approximate surface area is 135 Å². The number of nitrogens with zero attached hydrogens (tertiary/aromatic N) is 3. The summed E-state index contributed by atoms with van der Waals surface area (Å²) in [7, 11) is 0. The summed E-state index contributed by atoms with van der Waals surface area (Å²) in [5, 5.41) is 14.6. The van der Waals surface area contributed by atoms with Crippen LogP contribution in [0.5, 0.6) is 0 Å². The number of hydrogen-bond donors (Lipinski definition) is 1. The summed E-state index contributed by atoms with van der Waals surface area (Å²) in [4.78, 5) is 15.6. The van der Waals surface area contributed by atoms with Crippen molar-refractivity contribution < 1.29 is 27.8 Å². The van der Waals surface area contributed by atoms with E-state index >= 15 is 4.39 Å². The minimum absolute atomic E-state index is 0.135. The van der Waals surface area contributed by atoms with Gasteiger partial charge in [-0.3, -0.25) is 0 Å². The van der Waals surface area contributed by atoms with Gasteiger partial charge in [0.1, 0.15) is 24.3 Å². The molecule has 2 unspecified atom stereocenters. The van der Waals surface area contributed by atoms with Crippen LogP contribution in [0.3, 0.4) is 0 Å². The van der Waals surface area contributed by atoms with Gasteiger partial charge in [0.25, 0.3) is 0 Å². The standard InChI is InChI=1S/C15H16F3N3O3/c1-3-24-13(22)14(2,18)15(23,7-21-9-19-8-20-21)11-5-4-10(16)6-12(11)17/h4-6,8-9,23H,3,7H2,1-2H3. The predicted molar refractivity (Wildman–Crippen MR) is 76.4 cm³/mol. The lowest BCUT2D eigenvalue weighted by Gasteiger charge is -2.37. The van der Waals surface area contributed by atoms with Crippen LogP contribution >= 0.6 is 0 Å². The highest BCUT2D eigenvalue weighted by Crippen LogP contribution is 2.40. The molecule has 0 saturated heterocycles. The fourth-order valence-corrected chi connectivity index (χ4v) is 2.30. The second-order valence-corrected chi connectivity index (χ2v) is 5.30. The molecule has 130 valence electrons. The highest BCUT2D eigenvalue weighted by atomic mass is 19.1. The van der Waals surface area contributed by atoms with Gasteiger partial charge < -0.3 is 9.84 Å². The molecule has 0 radical (unpaired) electrons. The van der Waals surface area contributed by atoms with E-state index < -0.39 is 41.0 Å². The summed E-state index contributed by atoms with van der Waals surface area (Å²) in [6.45, 7) is 1.46. The number of rotatable bonds is 6. The first-order chi connectivity index (χ1) is 11.2. The monoisotopic (exact) mass is 343 g/mol. The molecule has 24 heavy (non-hydrogen) atoms. The van der Waals surface area contributed by atoms with Gasteiger partial charge in [0.05, 0.1) is 13.2 Å². The van der Waals surface area contributed by atoms with Crippen LogP contribution in [0, 0.1) is 11.6 Å². The highest BCUT2D eigenvalue weighted by molar-refractivity contribution is 5.81. The van der Waals surface area contributed by atoms with Crippen molar-refractivity contribution in [2.45, 2.75) is 31.7 Å². The number of aliphatic hydroxyl groups is 1. The fraction of sp³-hybridized carbons (Fsp3) is 0.400. The molecule has 0 spiro atoms. The molecule has 1 aromatic carbocycles. The Balaban J connectivity index is 2.58. The first kappa shape index (κ1) is 17.9. The van der Waals surface area contributed by atoms with Crippen molar-refractivity contribution >= 4 is 5.97 Å². The molecule has 0 amide bonds. The van der Waals surface area contributed by atoms with Gasteiger partial charge in [0.2, 0.25) is 5.67 Å². The number of carbonyl (C=O) groups is 1. The Morgan fingerprint density at radius 1 is 1.42 bits per heavy atom. The number of ether oxygens (including phenoxy) is 1. The molecule has 2 aromatic rings. The van der Waals surface area contributed by atoms with E-state index in [1.807, 2.05) is 0 Å². The predicted octanol–water partition coefficient (Wildman–Crippen LogP) is 1.74. The van der Waals surface area contributed by atoms with E-state index in [1.54, 1.807) is 0 Å². The van der Waals surface area contributed by atoms with E-state index in [9.17, 15) is 18.7 Å². The molecule has 9 heteroatoms. The van der Waals surface area contributed by atoms with Crippen molar-refractivity contribution in [3.05, 3.63) is 48.1 Å². The summed E-state index contributed by atoms with van der Waals surface area (Å²) >= 11 is 0. The molecule has 6 nitrogen and oxygen atoms in total. The third-order valence-electron chi connectivity index (χ3n) is 3.67. The molecule has 1 N–H and O–H groups in total. The maximum atomic E-state index is 15.2. The first-order valence-electron chi connectivity index (χ1n) is 7.09. The largest absolute Gasteiger partial charge is 0.464 e. The van der Waals surface area contributed by atoms with Crippen LogP contribution < -0.4 is 0 Å². The Hall–Kier alpha value is -2.42. The molecular formula is C15H16F3N3O3. The van der Waals surface area contributed by atoms with Crippen molar-refractivity contribution in [3.63, 3.8) is 0 Å². The molecule has 0 saturated carbocycles. The van der Waals surface area contributed by atoms with Crippen molar-refractivity contribution in [2.24, 2.45) is 0 Å². The van der Waals surface area contributed by atoms with Crippen LogP contribution in [0.2, 0.25) is 0 Å². The second-order valence-electron chi connectivity index (χ2n) is 5.30. The van der Waals surface area contributed by atoms with E-state index in [1.165, 1.54) is 6.92 Å². The van der Waals surface area contributed by atoms with Crippen LogP contribution in [0.15, 0.2) is 30.9 Å². The third-order valence-corrected chi connectivity index (χ3v) is 3.67. The topological polar surface area (TPSA) is 77.2 Å². The van der Waals surface area contributed by atoms with Gasteiger partial charge in [-0.05, 0) is 19.9 Å². The zero-order valence-electron chi connectivity index (χ0n) is 13.0. The number of alkyl halides is 1. The first-order valence-corrected chi connectivity index (χ1v) is 7.09. The number of halogens is 3. The quantitative estimate of drug-likeness (QED) is 0.809. The Kier molecular flexibility index (Phi) is 4.93. The smallest absolute Gasteiger partial charge is 0.347 e. The molecule has 2 rings (SSSR count). The maximum absolute atomic E-state index is 15.2. The summed E-state index contributed by atoms with van der Waals surface area (Å²) in [6, 6.07) is 2.22. The van der Waals surface area contributed by atoms with E-state index in [2.05, 4.69) is 14.8 Å². The molecule has 1 heterocycles. The molecular weight excluding hydrogens is 327 g/mol. The molecule has 0 aliphatic heterocycles. The lowest BCUT2D eigenvalue weighted by Crippen LogP contribution is -2.55.